The molecule has 0 fully saturated rings. The molecule has 462 valence electrons. The number of esters is 4. The van der Waals surface area contributed by atoms with Gasteiger partial charge in [0.2, 0.25) is 0 Å². The quantitative estimate of drug-likeness (QED) is 0.0209. The number of carbonyl (C=O) groups is 4. The first-order chi connectivity index (χ1) is 43.3. The lowest BCUT2D eigenvalue weighted by Crippen LogP contribution is -2.07. The van der Waals surface area contributed by atoms with E-state index >= 15 is 0 Å². The Morgan fingerprint density at radius 2 is 0.625 bits per heavy atom. The third-order valence-corrected chi connectivity index (χ3v) is 16.1. The molecule has 0 heterocycles. The number of rotatable bonds is 39. The summed E-state index contributed by atoms with van der Waals surface area (Å²) in [4.78, 5) is 50.7. The van der Waals surface area contributed by atoms with Gasteiger partial charge < -0.3 is 28.4 Å². The molecule has 0 aliphatic heterocycles. The van der Waals surface area contributed by atoms with Crippen LogP contribution in [0.2, 0.25) is 0 Å². The summed E-state index contributed by atoms with van der Waals surface area (Å²) in [5, 5.41) is 4.45. The molecule has 88 heavy (non-hydrogen) atoms. The normalized spacial score (nSPS) is 11.2. The first-order valence-corrected chi connectivity index (χ1v) is 32.7. The molecule has 10 heteroatoms. The van der Waals surface area contributed by atoms with Gasteiger partial charge in [-0.05, 0) is 143 Å². The molecule has 0 saturated carbocycles. The summed E-state index contributed by atoms with van der Waals surface area (Å²) in [5.74, 6) is 1.59. The molecule has 8 rings (SSSR count). The smallest absolute Gasteiger partial charge is 0.338 e. The van der Waals surface area contributed by atoms with Gasteiger partial charge in [0.15, 0.2) is 0 Å². The zero-order valence-electron chi connectivity index (χ0n) is 52.0. The van der Waals surface area contributed by atoms with E-state index in [4.69, 9.17) is 28.4 Å². The number of carbonyl (C=O) groups excluding carboxylic acids is 4. The van der Waals surface area contributed by atoms with Gasteiger partial charge in [-0.15, -0.1) is 0 Å². The standard InChI is InChI=1S/C78H90O10/c1-3-5-7-9-15-27-57-85-77(81)65-39-35-59(36-40-65)61-43-49-67(50-44-61)87-73(79)33-19-13-11-17-25-55-83-71-53-47-63-29-21-23-31-69(63)75(71)76-70-32-24-22-30-64(70)48-54-72(76)84-56-26-18-12-14-20-34-74(80)88-68-51-45-62(46-52-68)60-37-41-66(42-38-60)78(82)86-58-28-16-10-8-6-4-2/h21-24,29-32,35-54H,3-20,25-28,33-34,55-58H2,1-2H3. The van der Waals surface area contributed by atoms with Gasteiger partial charge in [0, 0.05) is 24.0 Å². The van der Waals surface area contributed by atoms with E-state index < -0.39 is 0 Å². The maximum Gasteiger partial charge on any atom is 0.338 e. The van der Waals surface area contributed by atoms with E-state index in [9.17, 15) is 19.2 Å². The molecule has 0 radical (unpaired) electrons. The van der Waals surface area contributed by atoms with Gasteiger partial charge in [0.05, 0.1) is 37.6 Å². The summed E-state index contributed by atoms with van der Waals surface area (Å²) >= 11 is 0. The van der Waals surface area contributed by atoms with E-state index in [0.717, 1.165) is 156 Å². The average Bonchev–Trinajstić information content (AvgIpc) is 1.04. The highest BCUT2D eigenvalue weighted by Gasteiger charge is 2.20. The van der Waals surface area contributed by atoms with Gasteiger partial charge in [-0.2, -0.15) is 0 Å². The third-order valence-electron chi connectivity index (χ3n) is 16.1. The number of hydrogen-bond acceptors (Lipinski definition) is 10. The molecular weight excluding hydrogens is 1100 g/mol. The molecule has 0 aromatic heterocycles. The van der Waals surface area contributed by atoms with Crippen molar-refractivity contribution in [1.29, 1.82) is 0 Å². The van der Waals surface area contributed by atoms with Crippen LogP contribution in [0.15, 0.2) is 170 Å². The lowest BCUT2D eigenvalue weighted by molar-refractivity contribution is -0.135. The average molecular weight is 1190 g/mol. The molecule has 0 unspecified atom stereocenters. The second kappa shape index (κ2) is 36.8. The van der Waals surface area contributed by atoms with Crippen molar-refractivity contribution in [2.45, 2.75) is 168 Å². The van der Waals surface area contributed by atoms with Crippen LogP contribution in [0.25, 0.3) is 54.9 Å². The van der Waals surface area contributed by atoms with Crippen molar-refractivity contribution in [2.24, 2.45) is 0 Å². The molecule has 0 amide bonds. The number of fused-ring (bicyclic) bond motifs is 2. The monoisotopic (exact) mass is 1190 g/mol. The molecule has 0 spiro atoms. The first-order valence-electron chi connectivity index (χ1n) is 32.7. The van der Waals surface area contributed by atoms with Gasteiger partial charge in [0.1, 0.15) is 23.0 Å². The SMILES string of the molecule is CCCCCCCCOC(=O)c1ccc(-c2ccc(OC(=O)CCCCCCCOc3ccc4ccccc4c3-c3c(OCCCCCCCC(=O)Oc4ccc(-c5ccc(C(=O)OCCCCCCCC)cc5)cc4)ccc4ccccc34)cc2)cc1. The van der Waals surface area contributed by atoms with Crippen molar-refractivity contribution in [1.82, 2.24) is 0 Å². The number of ether oxygens (including phenoxy) is 6. The molecule has 0 saturated heterocycles. The predicted molar refractivity (Wildman–Crippen MR) is 356 cm³/mol. The predicted octanol–water partition coefficient (Wildman–Crippen LogP) is 20.7. The zero-order valence-corrected chi connectivity index (χ0v) is 52.0. The van der Waals surface area contributed by atoms with Crippen molar-refractivity contribution < 1.29 is 47.6 Å². The van der Waals surface area contributed by atoms with Crippen LogP contribution < -0.4 is 18.9 Å². The van der Waals surface area contributed by atoms with Crippen LogP contribution in [0.5, 0.6) is 23.0 Å². The Morgan fingerprint density at radius 3 is 1.00 bits per heavy atom. The first kappa shape index (κ1) is 65.7. The Labute approximate surface area is 522 Å². The summed E-state index contributed by atoms with van der Waals surface area (Å²) in [6.07, 6.45) is 23.4. The molecule has 0 N–H and O–H groups in total. The van der Waals surface area contributed by atoms with Gasteiger partial charge in [-0.3, -0.25) is 9.59 Å². The Hall–Kier alpha value is -8.24. The second-order valence-corrected chi connectivity index (χ2v) is 23.0. The highest BCUT2D eigenvalue weighted by molar-refractivity contribution is 6.09. The number of benzene rings is 8. The highest BCUT2D eigenvalue weighted by atomic mass is 16.5. The van der Waals surface area contributed by atoms with Crippen molar-refractivity contribution >= 4 is 45.4 Å². The minimum absolute atomic E-state index is 0.242. The summed E-state index contributed by atoms with van der Waals surface area (Å²) in [6.45, 7) is 6.42. The van der Waals surface area contributed by atoms with Gasteiger partial charge >= 0.3 is 23.9 Å². The van der Waals surface area contributed by atoms with Crippen LogP contribution in [0.3, 0.4) is 0 Å². The zero-order chi connectivity index (χ0) is 61.4. The molecular formula is C78H90O10. The highest BCUT2D eigenvalue weighted by Crippen LogP contribution is 2.46. The third kappa shape index (κ3) is 21.0. The van der Waals surface area contributed by atoms with Crippen LogP contribution in [0.4, 0.5) is 0 Å². The van der Waals surface area contributed by atoms with Crippen molar-refractivity contribution in [3.8, 4) is 56.4 Å². The van der Waals surface area contributed by atoms with E-state index in [1.807, 2.05) is 72.8 Å². The Balaban J connectivity index is 0.730. The molecule has 0 bridgehead atoms. The molecule has 8 aromatic rings. The van der Waals surface area contributed by atoms with Crippen LogP contribution in [-0.2, 0) is 19.1 Å². The largest absolute Gasteiger partial charge is 0.493 e. The minimum Gasteiger partial charge on any atom is -0.493 e. The van der Waals surface area contributed by atoms with E-state index in [-0.39, 0.29) is 23.9 Å². The van der Waals surface area contributed by atoms with E-state index in [1.54, 1.807) is 24.3 Å². The van der Waals surface area contributed by atoms with E-state index in [1.165, 1.54) is 51.4 Å². The Bertz CT molecular complexity index is 3170. The maximum atomic E-state index is 12.8. The fourth-order valence-corrected chi connectivity index (χ4v) is 11.1. The topological polar surface area (TPSA) is 124 Å². The van der Waals surface area contributed by atoms with Gasteiger partial charge in [-0.1, -0.05) is 226 Å². The summed E-state index contributed by atoms with van der Waals surface area (Å²) in [5.41, 5.74) is 6.98. The molecule has 0 aliphatic carbocycles. The van der Waals surface area contributed by atoms with Crippen LogP contribution in [0.1, 0.15) is 189 Å². The summed E-state index contributed by atoms with van der Waals surface area (Å²) in [6, 6.07) is 55.1. The number of unbranched alkanes of at least 4 members (excludes halogenated alkanes) is 18. The van der Waals surface area contributed by atoms with Gasteiger partial charge in [0.25, 0.3) is 0 Å². The van der Waals surface area contributed by atoms with E-state index in [0.29, 0.717) is 61.9 Å². The summed E-state index contributed by atoms with van der Waals surface area (Å²) < 4.78 is 35.7. The molecule has 8 aromatic carbocycles. The van der Waals surface area contributed by atoms with Crippen molar-refractivity contribution in [2.75, 3.05) is 26.4 Å². The lowest BCUT2D eigenvalue weighted by Gasteiger charge is -2.20. The van der Waals surface area contributed by atoms with Crippen molar-refractivity contribution in [3.63, 3.8) is 0 Å². The molecule has 10 nitrogen and oxygen atoms in total. The Morgan fingerprint density at radius 1 is 0.307 bits per heavy atom. The maximum absolute atomic E-state index is 12.8. The van der Waals surface area contributed by atoms with Crippen LogP contribution in [0, 0.1) is 0 Å². The fourth-order valence-electron chi connectivity index (χ4n) is 11.1. The van der Waals surface area contributed by atoms with E-state index in [2.05, 4.69) is 86.6 Å². The minimum atomic E-state index is -0.295. The molecule has 0 aliphatic rings. The van der Waals surface area contributed by atoms with Crippen LogP contribution in [-0.4, -0.2) is 50.3 Å². The van der Waals surface area contributed by atoms with Crippen molar-refractivity contribution in [3.05, 3.63) is 181 Å². The molecule has 0 atom stereocenters. The van der Waals surface area contributed by atoms with Gasteiger partial charge in [-0.25, -0.2) is 9.59 Å². The Kier molecular flexibility index (Phi) is 27.5. The second-order valence-electron chi connectivity index (χ2n) is 23.0. The lowest BCUT2D eigenvalue weighted by atomic mass is 9.92. The number of hydrogen-bond donors (Lipinski definition) is 0. The summed E-state index contributed by atoms with van der Waals surface area (Å²) in [7, 11) is 0. The van der Waals surface area contributed by atoms with Crippen LogP contribution >= 0.6 is 0 Å². The fraction of sp³-hybridized carbons (Fsp3) is 0.385.